The van der Waals surface area contributed by atoms with Gasteiger partial charge in [-0.15, -0.1) is 0 Å². The number of likely N-dealkylation sites (tertiary alicyclic amines) is 1. The Labute approximate surface area is 188 Å². The number of amides is 2. The van der Waals surface area contributed by atoms with E-state index in [0.29, 0.717) is 43.1 Å². The first-order valence-electron chi connectivity index (χ1n) is 12.3. The molecule has 8 heteroatoms. The van der Waals surface area contributed by atoms with Gasteiger partial charge in [-0.05, 0) is 57.8 Å². The van der Waals surface area contributed by atoms with E-state index in [-0.39, 0.29) is 41.4 Å². The third-order valence-corrected chi connectivity index (χ3v) is 7.74. The van der Waals surface area contributed by atoms with Crippen molar-refractivity contribution in [2.45, 2.75) is 82.9 Å². The van der Waals surface area contributed by atoms with E-state index in [1.54, 1.807) is 7.11 Å². The van der Waals surface area contributed by atoms with Crippen LogP contribution in [0.5, 0.6) is 0 Å². The molecule has 3 atom stereocenters. The molecule has 1 aromatic rings. The molecule has 2 aliphatic heterocycles. The predicted molar refractivity (Wildman–Crippen MR) is 118 cm³/mol. The van der Waals surface area contributed by atoms with Crippen LogP contribution in [0, 0.1) is 11.8 Å². The van der Waals surface area contributed by atoms with Crippen LogP contribution in [-0.2, 0) is 27.3 Å². The number of nitrogens with zero attached hydrogens (tertiary/aromatic N) is 3. The maximum absolute atomic E-state index is 13.5. The highest BCUT2D eigenvalue weighted by Gasteiger charge is 2.38. The summed E-state index contributed by atoms with van der Waals surface area (Å²) in [5, 5.41) is 0. The monoisotopic (exact) mass is 442 g/mol. The molecule has 0 radical (unpaired) electrons. The van der Waals surface area contributed by atoms with Gasteiger partial charge in [0.25, 0.3) is 5.56 Å². The third-order valence-electron chi connectivity index (χ3n) is 7.74. The summed E-state index contributed by atoms with van der Waals surface area (Å²) in [6, 6.07) is -0.202. The number of piperidine rings is 1. The van der Waals surface area contributed by atoms with Crippen molar-refractivity contribution in [3.8, 4) is 0 Å². The Bertz CT molecular complexity index is 940. The Kier molecular flexibility index (Phi) is 6.05. The fraction of sp³-hybridized carbons (Fsp3) is 0.750. The second-order valence-electron chi connectivity index (χ2n) is 9.92. The quantitative estimate of drug-likeness (QED) is 0.772. The topological polar surface area (TPSA) is 95.6 Å². The molecule has 5 rings (SSSR count). The minimum Gasteiger partial charge on any atom is -0.381 e. The summed E-state index contributed by atoms with van der Waals surface area (Å²) in [6.07, 6.45) is 9.11. The highest BCUT2D eigenvalue weighted by Crippen LogP contribution is 2.35. The minimum atomic E-state index is -0.202. The zero-order valence-electron chi connectivity index (χ0n) is 19.0. The van der Waals surface area contributed by atoms with E-state index < -0.39 is 0 Å². The molecular formula is C24H34N4O4. The predicted octanol–water partition coefficient (Wildman–Crippen LogP) is 2.32. The van der Waals surface area contributed by atoms with Crippen molar-refractivity contribution < 1.29 is 14.3 Å². The molecule has 174 valence electrons. The van der Waals surface area contributed by atoms with Crippen LogP contribution >= 0.6 is 0 Å². The first kappa shape index (κ1) is 21.6. The Balaban J connectivity index is 1.38. The summed E-state index contributed by atoms with van der Waals surface area (Å²) in [6.45, 7) is 1.69. The van der Waals surface area contributed by atoms with Crippen LogP contribution in [0.2, 0.25) is 0 Å². The van der Waals surface area contributed by atoms with Crippen LogP contribution in [0.4, 0.5) is 0 Å². The van der Waals surface area contributed by atoms with Crippen molar-refractivity contribution in [2.75, 3.05) is 20.2 Å². The number of hydrogen-bond donors (Lipinski definition) is 1. The largest absolute Gasteiger partial charge is 0.381 e. The minimum absolute atomic E-state index is 0.0229. The van der Waals surface area contributed by atoms with Crippen LogP contribution in [0.1, 0.15) is 80.9 Å². The molecule has 2 saturated carbocycles. The maximum Gasteiger partial charge on any atom is 0.254 e. The molecule has 0 spiro atoms. The van der Waals surface area contributed by atoms with Gasteiger partial charge < -0.3 is 19.5 Å². The summed E-state index contributed by atoms with van der Waals surface area (Å²) in [7, 11) is 1.72. The van der Waals surface area contributed by atoms with Crippen LogP contribution in [-0.4, -0.2) is 57.9 Å². The van der Waals surface area contributed by atoms with Gasteiger partial charge in [0.2, 0.25) is 11.8 Å². The lowest BCUT2D eigenvalue weighted by atomic mass is 9.85. The summed E-state index contributed by atoms with van der Waals surface area (Å²) in [5.41, 5.74) is 1.29. The SMILES string of the molecule is CO[C@@H]1CCC[C@@H](C(=O)N2CCCC[C@@H]2c2nc3c(c(=O)[nH]2)CCN(C(=O)C2CC2)C3)C1. The molecule has 0 aromatic carbocycles. The Morgan fingerprint density at radius 2 is 1.84 bits per heavy atom. The van der Waals surface area contributed by atoms with Crippen molar-refractivity contribution in [1.82, 2.24) is 19.8 Å². The van der Waals surface area contributed by atoms with E-state index >= 15 is 0 Å². The molecule has 3 heterocycles. The number of aromatic amines is 1. The smallest absolute Gasteiger partial charge is 0.254 e. The standard InChI is InChI=1S/C24H34N4O4/c1-32-17-6-4-5-16(13-17)24(31)28-11-3-2-7-20(28)21-25-19-14-27(23(30)15-8-9-15)12-10-18(19)22(29)26-21/h15-17,20H,2-14H2,1H3,(H,25,26,29)/t16-,17-,20-/m1/s1. The molecule has 3 fully saturated rings. The number of hydrogen-bond acceptors (Lipinski definition) is 5. The van der Waals surface area contributed by atoms with E-state index in [2.05, 4.69) is 4.98 Å². The molecule has 32 heavy (non-hydrogen) atoms. The number of rotatable bonds is 4. The second-order valence-corrected chi connectivity index (χ2v) is 9.92. The summed E-state index contributed by atoms with van der Waals surface area (Å²) >= 11 is 0. The molecule has 2 aliphatic carbocycles. The maximum atomic E-state index is 13.5. The lowest BCUT2D eigenvalue weighted by Crippen LogP contribution is -2.45. The first-order chi connectivity index (χ1) is 15.5. The second kappa shape index (κ2) is 8.96. The van der Waals surface area contributed by atoms with E-state index in [9.17, 15) is 14.4 Å². The van der Waals surface area contributed by atoms with Gasteiger partial charge >= 0.3 is 0 Å². The van der Waals surface area contributed by atoms with Gasteiger partial charge in [0.15, 0.2) is 0 Å². The van der Waals surface area contributed by atoms with Crippen molar-refractivity contribution in [3.63, 3.8) is 0 Å². The molecular weight excluding hydrogens is 408 g/mol. The van der Waals surface area contributed by atoms with Gasteiger partial charge in [-0.25, -0.2) is 4.98 Å². The molecule has 1 aromatic heterocycles. The number of ether oxygens (including phenoxy) is 1. The highest BCUT2D eigenvalue weighted by atomic mass is 16.5. The van der Waals surface area contributed by atoms with Gasteiger partial charge in [-0.3, -0.25) is 14.4 Å². The van der Waals surface area contributed by atoms with E-state index in [0.717, 1.165) is 57.8 Å². The Morgan fingerprint density at radius 3 is 2.62 bits per heavy atom. The van der Waals surface area contributed by atoms with Crippen molar-refractivity contribution in [2.24, 2.45) is 11.8 Å². The van der Waals surface area contributed by atoms with Gasteiger partial charge in [-0.2, -0.15) is 0 Å². The first-order valence-corrected chi connectivity index (χ1v) is 12.3. The van der Waals surface area contributed by atoms with E-state index in [1.807, 2.05) is 9.80 Å². The lowest BCUT2D eigenvalue weighted by Gasteiger charge is -2.39. The molecule has 0 unspecified atom stereocenters. The number of methoxy groups -OCH3 is 1. The number of carbonyl (C=O) groups is 2. The molecule has 2 amide bonds. The summed E-state index contributed by atoms with van der Waals surface area (Å²) in [5.74, 6) is 1.09. The van der Waals surface area contributed by atoms with Gasteiger partial charge in [0.1, 0.15) is 5.82 Å². The average molecular weight is 443 g/mol. The summed E-state index contributed by atoms with van der Waals surface area (Å²) < 4.78 is 5.54. The number of nitrogens with one attached hydrogen (secondary N) is 1. The highest BCUT2D eigenvalue weighted by molar-refractivity contribution is 5.81. The van der Waals surface area contributed by atoms with Crippen molar-refractivity contribution in [3.05, 3.63) is 27.4 Å². The van der Waals surface area contributed by atoms with Gasteiger partial charge in [0.05, 0.1) is 24.4 Å². The van der Waals surface area contributed by atoms with Crippen molar-refractivity contribution in [1.29, 1.82) is 0 Å². The molecule has 0 bridgehead atoms. The Morgan fingerprint density at radius 1 is 1.00 bits per heavy atom. The summed E-state index contributed by atoms with van der Waals surface area (Å²) in [4.78, 5) is 50.6. The number of fused-ring (bicyclic) bond motifs is 1. The molecule has 8 nitrogen and oxygen atoms in total. The molecule has 1 saturated heterocycles. The normalized spacial score (nSPS) is 28.3. The lowest BCUT2D eigenvalue weighted by molar-refractivity contribution is -0.142. The van der Waals surface area contributed by atoms with Crippen LogP contribution < -0.4 is 5.56 Å². The van der Waals surface area contributed by atoms with Gasteiger partial charge in [0, 0.05) is 37.6 Å². The van der Waals surface area contributed by atoms with Gasteiger partial charge in [-0.1, -0.05) is 6.42 Å². The fourth-order valence-corrected chi connectivity index (χ4v) is 5.69. The number of H-pyrrole nitrogens is 1. The van der Waals surface area contributed by atoms with E-state index in [1.165, 1.54) is 0 Å². The van der Waals surface area contributed by atoms with Crippen molar-refractivity contribution >= 4 is 11.8 Å². The Hall–Kier alpha value is -2.22. The molecule has 4 aliphatic rings. The zero-order valence-corrected chi connectivity index (χ0v) is 19.0. The fourth-order valence-electron chi connectivity index (χ4n) is 5.69. The van der Waals surface area contributed by atoms with Crippen LogP contribution in [0.3, 0.4) is 0 Å². The third kappa shape index (κ3) is 4.21. The van der Waals surface area contributed by atoms with Crippen LogP contribution in [0.25, 0.3) is 0 Å². The number of aromatic nitrogens is 2. The zero-order chi connectivity index (χ0) is 22.2. The molecule has 1 N–H and O–H groups in total. The van der Waals surface area contributed by atoms with Crippen LogP contribution in [0.15, 0.2) is 4.79 Å². The number of carbonyl (C=O) groups excluding carboxylic acids is 2. The van der Waals surface area contributed by atoms with E-state index in [4.69, 9.17) is 9.72 Å². The average Bonchev–Trinajstić information content (AvgIpc) is 3.68.